The molecule has 0 fully saturated rings. The lowest BCUT2D eigenvalue weighted by Crippen LogP contribution is -2.12. The zero-order valence-electron chi connectivity index (χ0n) is 55.5. The molecule has 0 bridgehead atoms. The number of hydrogen-bond donors (Lipinski definition) is 0. The molecule has 0 amide bonds. The maximum absolute atomic E-state index is 11.2. The summed E-state index contributed by atoms with van der Waals surface area (Å²) >= 11 is 0. The van der Waals surface area contributed by atoms with Crippen LogP contribution in [0.25, 0.3) is 32.3 Å². The van der Waals surface area contributed by atoms with Crippen LogP contribution in [0.1, 0.15) is 11.1 Å². The van der Waals surface area contributed by atoms with E-state index in [-0.39, 0.29) is 10.6 Å². The Bertz CT molecular complexity index is 5380. The second kappa shape index (κ2) is 30.3. The van der Waals surface area contributed by atoms with Crippen LogP contribution < -0.4 is 29.4 Å². The summed E-state index contributed by atoms with van der Waals surface area (Å²) in [5, 5.41) is 36.7. The normalized spacial score (nSPS) is 10.6. The molecule has 15 rings (SSSR count). The number of fused-ring (bicyclic) bond motifs is 3. The van der Waals surface area contributed by atoms with Crippen molar-refractivity contribution in [2.45, 2.75) is 0 Å². The van der Waals surface area contributed by atoms with Gasteiger partial charge in [0.2, 0.25) is 0 Å². The van der Waals surface area contributed by atoms with Gasteiger partial charge in [-0.3, -0.25) is 10.1 Å². The first kappa shape index (κ1) is 64.9. The Labute approximate surface area is 583 Å². The van der Waals surface area contributed by atoms with E-state index < -0.39 is 0 Å². The molecule has 0 aromatic heterocycles. The van der Waals surface area contributed by atoms with Crippen LogP contribution in [-0.2, 0) is 0 Å². The van der Waals surface area contributed by atoms with Crippen LogP contribution in [0.3, 0.4) is 0 Å². The summed E-state index contributed by atoms with van der Waals surface area (Å²) in [6.07, 6.45) is 0. The highest BCUT2D eigenvalue weighted by molar-refractivity contribution is 5.92. The first-order chi connectivity index (χ1) is 49.0. The number of nitro groups is 1. The molecule has 0 radical (unpaired) electrons. The Morgan fingerprint density at radius 3 is 0.840 bits per heavy atom. The molecule has 15 aromatic carbocycles. The fourth-order valence-corrected chi connectivity index (χ4v) is 12.3. The minimum absolute atomic E-state index is 0.0764. The Morgan fingerprint density at radius 2 is 0.500 bits per heavy atom. The van der Waals surface area contributed by atoms with Crippen molar-refractivity contribution in [3.63, 3.8) is 0 Å². The van der Waals surface area contributed by atoms with Crippen LogP contribution in [-0.4, -0.2) is 26.1 Å². The van der Waals surface area contributed by atoms with Gasteiger partial charge in [-0.15, -0.1) is 0 Å². The zero-order valence-corrected chi connectivity index (χ0v) is 55.5. The molecular formula is C89H69N9O2. The van der Waals surface area contributed by atoms with E-state index in [4.69, 9.17) is 5.26 Å². The van der Waals surface area contributed by atoms with Crippen molar-refractivity contribution in [3.05, 3.63) is 385 Å². The van der Waals surface area contributed by atoms with Crippen LogP contribution in [0.15, 0.2) is 364 Å². The van der Waals surface area contributed by atoms with Crippen LogP contribution >= 0.6 is 0 Å². The Hall–Kier alpha value is -13.7. The second-order valence-corrected chi connectivity index (χ2v) is 23.9. The molecule has 0 aliphatic heterocycles. The summed E-state index contributed by atoms with van der Waals surface area (Å²) < 4.78 is 0. The third-order valence-corrected chi connectivity index (χ3v) is 17.7. The van der Waals surface area contributed by atoms with Gasteiger partial charge >= 0.3 is 0 Å². The van der Waals surface area contributed by atoms with E-state index in [0.29, 0.717) is 11.1 Å². The third-order valence-electron chi connectivity index (χ3n) is 17.7. The first-order valence-corrected chi connectivity index (χ1v) is 32.8. The molecule has 482 valence electrons. The van der Waals surface area contributed by atoms with Crippen molar-refractivity contribution in [2.24, 2.45) is 0 Å². The van der Waals surface area contributed by atoms with Gasteiger partial charge in [0.15, 0.2) is 0 Å². The van der Waals surface area contributed by atoms with Crippen molar-refractivity contribution in [1.29, 1.82) is 10.5 Å². The lowest BCUT2D eigenvalue weighted by Gasteiger charge is -2.27. The molecule has 0 N–H and O–H groups in total. The molecule has 11 heteroatoms. The smallest absolute Gasteiger partial charge is 0.271 e. The predicted molar refractivity (Wildman–Crippen MR) is 415 cm³/mol. The molecular weight excluding hydrogens is 1230 g/mol. The summed E-state index contributed by atoms with van der Waals surface area (Å²) in [6, 6.07) is 128. The second-order valence-electron chi connectivity index (χ2n) is 23.9. The largest absolute Gasteiger partial charge is 0.345 e. The SMILES string of the molecule is CN(c1ccc(C#N)cc1)c1ccc(N(c2ccccc2)c2ccc3ccccc3c2)cc1.CN(c1ccc(N(c2ccccc2)c2ccc3ccccc3c2)cc1)c1cccc(C#N)c1.CN(c1ccc(N(c2ccccc2)c2ccc3ccccc3c2)cc1)c1cccc([N+](=O)[O-])c1. The van der Waals surface area contributed by atoms with Crippen LogP contribution in [0.4, 0.5) is 91.0 Å². The van der Waals surface area contributed by atoms with Gasteiger partial charge in [0.1, 0.15) is 0 Å². The van der Waals surface area contributed by atoms with Gasteiger partial charge in [0.25, 0.3) is 5.69 Å². The number of non-ortho nitro benzene ring substituents is 1. The number of rotatable bonds is 16. The highest BCUT2D eigenvalue weighted by Crippen LogP contribution is 2.42. The molecule has 11 nitrogen and oxygen atoms in total. The van der Waals surface area contributed by atoms with Gasteiger partial charge in [-0.05, 0) is 226 Å². The minimum atomic E-state index is -0.373. The summed E-state index contributed by atoms with van der Waals surface area (Å²) in [6.45, 7) is 0. The number of para-hydroxylation sites is 3. The summed E-state index contributed by atoms with van der Waals surface area (Å²) in [5.74, 6) is 0. The molecule has 0 spiro atoms. The summed E-state index contributed by atoms with van der Waals surface area (Å²) in [4.78, 5) is 23.7. The summed E-state index contributed by atoms with van der Waals surface area (Å²) in [5.41, 5.74) is 17.0. The van der Waals surface area contributed by atoms with E-state index in [1.54, 1.807) is 12.1 Å². The highest BCUT2D eigenvalue weighted by Gasteiger charge is 2.19. The third kappa shape index (κ3) is 14.9. The molecule has 0 saturated carbocycles. The van der Waals surface area contributed by atoms with Crippen molar-refractivity contribution in [3.8, 4) is 12.1 Å². The Morgan fingerprint density at radius 1 is 0.240 bits per heavy atom. The van der Waals surface area contributed by atoms with E-state index in [0.717, 1.165) is 85.3 Å². The van der Waals surface area contributed by atoms with Crippen LogP contribution in [0, 0.1) is 32.8 Å². The average molecular weight is 1300 g/mol. The van der Waals surface area contributed by atoms with Crippen LogP contribution in [0.2, 0.25) is 0 Å². The molecule has 100 heavy (non-hydrogen) atoms. The number of nitro benzene ring substituents is 1. The van der Waals surface area contributed by atoms with E-state index in [9.17, 15) is 15.4 Å². The van der Waals surface area contributed by atoms with E-state index in [2.05, 4.69) is 279 Å². The Kier molecular flexibility index (Phi) is 19.7. The highest BCUT2D eigenvalue weighted by atomic mass is 16.6. The number of nitrogens with zero attached hydrogens (tertiary/aromatic N) is 9. The molecule has 15 aromatic rings. The molecule has 0 unspecified atom stereocenters. The fourth-order valence-electron chi connectivity index (χ4n) is 12.3. The molecule has 0 aliphatic carbocycles. The topological polar surface area (TPSA) is 110 Å². The van der Waals surface area contributed by atoms with Crippen molar-refractivity contribution in [2.75, 3.05) is 50.5 Å². The molecule has 0 atom stereocenters. The maximum atomic E-state index is 11.2. The van der Waals surface area contributed by atoms with Crippen molar-refractivity contribution >= 4 is 123 Å². The van der Waals surface area contributed by atoms with Gasteiger partial charge in [0, 0.05) is 119 Å². The monoisotopic (exact) mass is 1300 g/mol. The number of anilines is 15. The predicted octanol–water partition coefficient (Wildman–Crippen LogP) is 23.9. The Balaban J connectivity index is 0.000000134. The molecule has 0 aliphatic rings. The maximum Gasteiger partial charge on any atom is 0.271 e. The van der Waals surface area contributed by atoms with Crippen molar-refractivity contribution < 1.29 is 4.92 Å². The number of benzene rings is 15. The van der Waals surface area contributed by atoms with Gasteiger partial charge < -0.3 is 29.4 Å². The average Bonchev–Trinajstić information content (AvgIpc) is 0.805. The zero-order chi connectivity index (χ0) is 68.7. The fraction of sp³-hybridized carbons (Fsp3) is 0.0337. The lowest BCUT2D eigenvalue weighted by atomic mass is 10.1. The van der Waals surface area contributed by atoms with E-state index in [1.807, 2.05) is 129 Å². The molecule has 0 heterocycles. The standard InChI is InChI=1S/2C30H23N3.C29H23N3O2/c1-32(29-13-7-8-23(20-29)22-31)26-16-18-28(19-17-26)33(27-11-3-2-4-12-27)30-15-14-24-9-5-6-10-25(24)21-30;1-32(26-14-11-23(22-31)12-15-26)27-17-19-29(20-18-27)33(28-9-3-2-4-10-28)30-16-13-24-7-5-6-8-25(24)21-30;1-30(27-12-7-13-29(21-27)32(33)34)24-16-18-26(19-17-24)31(25-10-3-2-4-11-25)28-15-14-22-8-5-6-9-23(22)20-28/h2*2-21H,1H3;2-21H,1H3. The van der Waals surface area contributed by atoms with Gasteiger partial charge in [-0.25, -0.2) is 0 Å². The molecule has 0 saturated heterocycles. The van der Waals surface area contributed by atoms with Gasteiger partial charge in [-0.2, -0.15) is 10.5 Å². The minimum Gasteiger partial charge on any atom is -0.345 e. The van der Waals surface area contributed by atoms with Crippen LogP contribution in [0.5, 0.6) is 0 Å². The number of nitriles is 2. The lowest BCUT2D eigenvalue weighted by molar-refractivity contribution is -0.384. The quantitative estimate of drug-likeness (QED) is 0.0685. The van der Waals surface area contributed by atoms with E-state index in [1.165, 1.54) is 38.4 Å². The van der Waals surface area contributed by atoms with E-state index >= 15 is 0 Å². The first-order valence-electron chi connectivity index (χ1n) is 32.8. The number of hydrogen-bond acceptors (Lipinski definition) is 10. The van der Waals surface area contributed by atoms with Gasteiger partial charge in [-0.1, -0.05) is 158 Å². The van der Waals surface area contributed by atoms with Crippen molar-refractivity contribution in [1.82, 2.24) is 0 Å². The van der Waals surface area contributed by atoms with Gasteiger partial charge in [0.05, 0.1) is 28.2 Å². The summed E-state index contributed by atoms with van der Waals surface area (Å²) in [7, 11) is 5.96.